The number of likely N-dealkylation sites (tertiary alicyclic amines) is 1. The molecule has 1 aromatic rings. The van der Waals surface area contributed by atoms with E-state index in [-0.39, 0.29) is 24.6 Å². The van der Waals surface area contributed by atoms with Gasteiger partial charge in [-0.2, -0.15) is 0 Å². The van der Waals surface area contributed by atoms with Gasteiger partial charge in [-0.05, 0) is 69.7 Å². The summed E-state index contributed by atoms with van der Waals surface area (Å²) >= 11 is 0. The zero-order chi connectivity index (χ0) is 18.5. The lowest BCUT2D eigenvalue weighted by Gasteiger charge is -2.44. The van der Waals surface area contributed by atoms with Crippen molar-refractivity contribution in [1.82, 2.24) is 4.90 Å². The summed E-state index contributed by atoms with van der Waals surface area (Å²) in [5.74, 6) is 0.994. The number of carbonyl (C=O) groups excluding carboxylic acids is 2. The fourth-order valence-corrected chi connectivity index (χ4v) is 4.13. The van der Waals surface area contributed by atoms with E-state index < -0.39 is 0 Å². The third-order valence-electron chi connectivity index (χ3n) is 5.36. The van der Waals surface area contributed by atoms with Crippen LogP contribution in [0.1, 0.15) is 62.7 Å². The van der Waals surface area contributed by atoms with E-state index in [0.717, 1.165) is 19.4 Å². The van der Waals surface area contributed by atoms with E-state index in [4.69, 9.17) is 9.47 Å². The van der Waals surface area contributed by atoms with Gasteiger partial charge in [-0.15, -0.1) is 0 Å². The monoisotopic (exact) mass is 359 g/mol. The maximum absolute atomic E-state index is 12.6. The first-order valence-electron chi connectivity index (χ1n) is 9.78. The third-order valence-corrected chi connectivity index (χ3v) is 5.36. The molecule has 0 spiro atoms. The Hall–Kier alpha value is -2.04. The molecule has 2 atom stereocenters. The second-order valence-corrected chi connectivity index (χ2v) is 7.61. The van der Waals surface area contributed by atoms with Crippen molar-refractivity contribution in [1.29, 1.82) is 0 Å². The van der Waals surface area contributed by atoms with Crippen LogP contribution in [0.2, 0.25) is 0 Å². The minimum atomic E-state index is -0.348. The van der Waals surface area contributed by atoms with Gasteiger partial charge in [0.25, 0.3) is 5.91 Å². The van der Waals surface area contributed by atoms with Crippen LogP contribution in [0.15, 0.2) is 24.3 Å². The lowest BCUT2D eigenvalue weighted by atomic mass is 9.78. The van der Waals surface area contributed by atoms with Gasteiger partial charge in [0.15, 0.2) is 6.61 Å². The van der Waals surface area contributed by atoms with Crippen molar-refractivity contribution >= 4 is 11.9 Å². The van der Waals surface area contributed by atoms with Crippen molar-refractivity contribution in [2.24, 2.45) is 5.92 Å². The normalized spacial score (nSPS) is 22.7. The standard InChI is InChI=1S/C21H29NO4/c1-15(2)26-21(24)17-9-11-18(12-10-17)25-14-20(23)22-13-5-7-16-6-3-4-8-19(16)22/h9-12,15-16,19H,3-8,13-14H2,1-2H3. The van der Waals surface area contributed by atoms with E-state index in [1.54, 1.807) is 24.3 Å². The molecule has 1 saturated heterocycles. The van der Waals surface area contributed by atoms with Gasteiger partial charge in [0, 0.05) is 12.6 Å². The molecule has 26 heavy (non-hydrogen) atoms. The van der Waals surface area contributed by atoms with Crippen LogP contribution in [0.4, 0.5) is 0 Å². The van der Waals surface area contributed by atoms with Gasteiger partial charge < -0.3 is 14.4 Å². The molecule has 1 aliphatic heterocycles. The number of rotatable bonds is 5. The number of carbonyl (C=O) groups is 2. The molecule has 1 amide bonds. The predicted octanol–water partition coefficient (Wildman–Crippen LogP) is 3.81. The first kappa shape index (κ1) is 18.7. The molecular formula is C21H29NO4. The first-order chi connectivity index (χ1) is 12.5. The molecule has 2 fully saturated rings. The van der Waals surface area contributed by atoms with Crippen LogP contribution in [0.25, 0.3) is 0 Å². The Balaban J connectivity index is 1.53. The number of hydrogen-bond donors (Lipinski definition) is 0. The molecule has 3 rings (SSSR count). The molecule has 0 N–H and O–H groups in total. The number of hydrogen-bond acceptors (Lipinski definition) is 4. The summed E-state index contributed by atoms with van der Waals surface area (Å²) < 4.78 is 10.8. The second kappa shape index (κ2) is 8.56. The number of benzene rings is 1. The summed E-state index contributed by atoms with van der Waals surface area (Å²) in [5.41, 5.74) is 0.485. The van der Waals surface area contributed by atoms with Crippen LogP contribution < -0.4 is 4.74 Å². The van der Waals surface area contributed by atoms with E-state index in [2.05, 4.69) is 0 Å². The molecule has 5 nitrogen and oxygen atoms in total. The van der Waals surface area contributed by atoms with E-state index in [0.29, 0.717) is 23.3 Å². The molecule has 142 valence electrons. The van der Waals surface area contributed by atoms with Crippen LogP contribution in [0, 0.1) is 5.92 Å². The van der Waals surface area contributed by atoms with Gasteiger partial charge >= 0.3 is 5.97 Å². The lowest BCUT2D eigenvalue weighted by Crippen LogP contribution is -2.51. The van der Waals surface area contributed by atoms with Crippen LogP contribution in [-0.2, 0) is 9.53 Å². The maximum Gasteiger partial charge on any atom is 0.338 e. The number of piperidine rings is 1. The molecule has 2 unspecified atom stereocenters. The predicted molar refractivity (Wildman–Crippen MR) is 99.2 cm³/mol. The maximum atomic E-state index is 12.6. The van der Waals surface area contributed by atoms with Crippen molar-refractivity contribution in [2.45, 2.75) is 64.5 Å². The SMILES string of the molecule is CC(C)OC(=O)c1ccc(OCC(=O)N2CCCC3CCCCC32)cc1. The Morgan fingerprint density at radius 2 is 1.77 bits per heavy atom. The Bertz CT molecular complexity index is 623. The van der Waals surface area contributed by atoms with Crippen LogP contribution in [-0.4, -0.2) is 42.1 Å². The van der Waals surface area contributed by atoms with Crippen LogP contribution in [0.5, 0.6) is 5.75 Å². The number of fused-ring (bicyclic) bond motifs is 1. The van der Waals surface area contributed by atoms with E-state index in [1.807, 2.05) is 18.7 Å². The van der Waals surface area contributed by atoms with Gasteiger partial charge in [-0.1, -0.05) is 12.8 Å². The Labute approximate surface area is 155 Å². The third kappa shape index (κ3) is 4.57. The average Bonchev–Trinajstić information content (AvgIpc) is 2.65. The highest BCUT2D eigenvalue weighted by atomic mass is 16.5. The minimum Gasteiger partial charge on any atom is -0.484 e. The molecule has 1 aromatic carbocycles. The molecule has 1 saturated carbocycles. The van der Waals surface area contributed by atoms with Gasteiger partial charge in [0.05, 0.1) is 11.7 Å². The molecule has 0 aromatic heterocycles. The highest BCUT2D eigenvalue weighted by molar-refractivity contribution is 5.89. The zero-order valence-corrected chi connectivity index (χ0v) is 15.8. The lowest BCUT2D eigenvalue weighted by molar-refractivity contribution is -0.139. The van der Waals surface area contributed by atoms with Gasteiger partial charge in [-0.25, -0.2) is 4.79 Å². The van der Waals surface area contributed by atoms with E-state index in [1.165, 1.54) is 25.7 Å². The summed E-state index contributed by atoms with van der Waals surface area (Å²) in [4.78, 5) is 26.5. The number of esters is 1. The zero-order valence-electron chi connectivity index (χ0n) is 15.8. The topological polar surface area (TPSA) is 55.8 Å². The molecule has 1 aliphatic carbocycles. The highest BCUT2D eigenvalue weighted by Crippen LogP contribution is 2.35. The molecule has 0 radical (unpaired) electrons. The number of ether oxygens (including phenoxy) is 2. The van der Waals surface area contributed by atoms with Crippen molar-refractivity contribution < 1.29 is 19.1 Å². The average molecular weight is 359 g/mol. The van der Waals surface area contributed by atoms with E-state index >= 15 is 0 Å². The van der Waals surface area contributed by atoms with Crippen molar-refractivity contribution in [3.63, 3.8) is 0 Å². The summed E-state index contributed by atoms with van der Waals surface area (Å²) in [6, 6.07) is 7.17. The highest BCUT2D eigenvalue weighted by Gasteiger charge is 2.35. The smallest absolute Gasteiger partial charge is 0.338 e. The van der Waals surface area contributed by atoms with Crippen molar-refractivity contribution in [3.8, 4) is 5.75 Å². The fourth-order valence-electron chi connectivity index (χ4n) is 4.13. The van der Waals surface area contributed by atoms with E-state index in [9.17, 15) is 9.59 Å². The summed E-state index contributed by atoms with van der Waals surface area (Å²) in [6.07, 6.45) is 7.10. The molecule has 1 heterocycles. The summed E-state index contributed by atoms with van der Waals surface area (Å²) in [6.45, 7) is 4.54. The summed E-state index contributed by atoms with van der Waals surface area (Å²) in [7, 11) is 0. The van der Waals surface area contributed by atoms with Crippen molar-refractivity contribution in [2.75, 3.05) is 13.2 Å². The Morgan fingerprint density at radius 1 is 1.08 bits per heavy atom. The summed E-state index contributed by atoms with van der Waals surface area (Å²) in [5, 5.41) is 0. The Morgan fingerprint density at radius 3 is 2.50 bits per heavy atom. The second-order valence-electron chi connectivity index (χ2n) is 7.61. The Kier molecular flexibility index (Phi) is 6.17. The first-order valence-corrected chi connectivity index (χ1v) is 9.78. The number of amides is 1. The van der Waals surface area contributed by atoms with Gasteiger partial charge in [-0.3, -0.25) is 4.79 Å². The van der Waals surface area contributed by atoms with Crippen LogP contribution >= 0.6 is 0 Å². The minimum absolute atomic E-state index is 0.0546. The van der Waals surface area contributed by atoms with Gasteiger partial charge in [0.1, 0.15) is 5.75 Å². The van der Waals surface area contributed by atoms with Gasteiger partial charge in [0.2, 0.25) is 0 Å². The largest absolute Gasteiger partial charge is 0.484 e. The fraction of sp³-hybridized carbons (Fsp3) is 0.619. The quantitative estimate of drug-likeness (QED) is 0.750. The number of nitrogens with zero attached hydrogens (tertiary/aromatic N) is 1. The molecule has 5 heteroatoms. The molecule has 2 aliphatic rings. The van der Waals surface area contributed by atoms with Crippen molar-refractivity contribution in [3.05, 3.63) is 29.8 Å². The molecule has 0 bridgehead atoms. The molecular weight excluding hydrogens is 330 g/mol. The van der Waals surface area contributed by atoms with Crippen LogP contribution in [0.3, 0.4) is 0 Å².